The Kier molecular flexibility index (Phi) is 6.99. The molecule has 0 aliphatic carbocycles. The number of benzene rings is 1. The molecule has 4 nitrogen and oxygen atoms in total. The first-order chi connectivity index (χ1) is 13.0. The molecular weight excluding hydrogens is 363 g/mol. The maximum absolute atomic E-state index is 14.0. The summed E-state index contributed by atoms with van der Waals surface area (Å²) in [7, 11) is 0. The molecule has 2 atom stereocenters. The molecule has 27 heavy (non-hydrogen) atoms. The van der Waals surface area contributed by atoms with Crippen molar-refractivity contribution >= 4 is 22.9 Å². The van der Waals surface area contributed by atoms with Crippen molar-refractivity contribution < 1.29 is 14.0 Å². The highest BCUT2D eigenvalue weighted by atomic mass is 32.1. The Morgan fingerprint density at radius 1 is 1.33 bits per heavy atom. The minimum absolute atomic E-state index is 0.172. The number of likely N-dealkylation sites (tertiary alicyclic amines) is 1. The van der Waals surface area contributed by atoms with Gasteiger partial charge in [-0.05, 0) is 54.8 Å². The number of amides is 1. The molecule has 1 aliphatic rings. The number of piperidine rings is 1. The molecule has 0 unspecified atom stereocenters. The minimum Gasteiger partial charge on any atom is -0.303 e. The molecule has 0 bridgehead atoms. The van der Waals surface area contributed by atoms with E-state index in [2.05, 4.69) is 29.3 Å². The molecule has 0 spiro atoms. The van der Waals surface area contributed by atoms with Gasteiger partial charge in [0.2, 0.25) is 5.91 Å². The fourth-order valence-electron chi connectivity index (χ4n) is 3.57. The van der Waals surface area contributed by atoms with Crippen molar-refractivity contribution in [3.05, 3.63) is 52.5 Å². The third-order valence-electron chi connectivity index (χ3n) is 5.20. The molecule has 1 saturated heterocycles. The average molecular weight is 391 g/mol. The fraction of sp³-hybridized carbons (Fsp3) is 0.476. The molecule has 1 aromatic carbocycles. The standard InChI is InChI=1S/C21H27FN2O2S/c1-16-14-23(12-10-19-6-5-13-27-19)11-9-18(16)15-26-24(17(2)25)21-8-4-3-7-20(21)22/h3-8,13,16,18H,9-12,14-15H2,1-2H3/t16-,18-/m0/s1. The topological polar surface area (TPSA) is 32.8 Å². The summed E-state index contributed by atoms with van der Waals surface area (Å²) in [4.78, 5) is 21.6. The summed E-state index contributed by atoms with van der Waals surface area (Å²) in [6, 6.07) is 10.5. The second kappa shape index (κ2) is 9.44. The van der Waals surface area contributed by atoms with Crippen molar-refractivity contribution in [2.75, 3.05) is 31.3 Å². The maximum atomic E-state index is 14.0. The van der Waals surface area contributed by atoms with Gasteiger partial charge in [0.15, 0.2) is 0 Å². The summed E-state index contributed by atoms with van der Waals surface area (Å²) in [5.41, 5.74) is 0.172. The van der Waals surface area contributed by atoms with E-state index in [0.717, 1.165) is 37.5 Å². The number of hydroxylamine groups is 1. The molecule has 2 heterocycles. The molecule has 146 valence electrons. The van der Waals surface area contributed by atoms with E-state index in [4.69, 9.17) is 4.84 Å². The lowest BCUT2D eigenvalue weighted by Crippen LogP contribution is -2.43. The van der Waals surface area contributed by atoms with Crippen LogP contribution >= 0.6 is 11.3 Å². The van der Waals surface area contributed by atoms with Crippen molar-refractivity contribution in [2.45, 2.75) is 26.7 Å². The van der Waals surface area contributed by atoms with Gasteiger partial charge in [-0.3, -0.25) is 9.63 Å². The first-order valence-electron chi connectivity index (χ1n) is 9.47. The number of hydrogen-bond donors (Lipinski definition) is 0. The normalized spacial score (nSPS) is 20.6. The smallest absolute Gasteiger partial charge is 0.247 e. The maximum Gasteiger partial charge on any atom is 0.247 e. The Bertz CT molecular complexity index is 738. The van der Waals surface area contributed by atoms with E-state index >= 15 is 0 Å². The van der Waals surface area contributed by atoms with Crippen LogP contribution in [0.2, 0.25) is 0 Å². The van der Waals surface area contributed by atoms with Crippen molar-refractivity contribution in [3.8, 4) is 0 Å². The predicted molar refractivity (Wildman–Crippen MR) is 107 cm³/mol. The predicted octanol–water partition coefficient (Wildman–Crippen LogP) is 4.37. The zero-order valence-electron chi connectivity index (χ0n) is 15.9. The summed E-state index contributed by atoms with van der Waals surface area (Å²) in [6.07, 6.45) is 2.12. The second-order valence-electron chi connectivity index (χ2n) is 7.22. The fourth-order valence-corrected chi connectivity index (χ4v) is 4.27. The van der Waals surface area contributed by atoms with Gasteiger partial charge >= 0.3 is 0 Å². The lowest BCUT2D eigenvalue weighted by Gasteiger charge is -2.37. The summed E-state index contributed by atoms with van der Waals surface area (Å²) in [5, 5.41) is 3.21. The number of carbonyl (C=O) groups excluding carboxylic acids is 1. The average Bonchev–Trinajstić information content (AvgIpc) is 3.16. The van der Waals surface area contributed by atoms with Crippen LogP contribution in [-0.2, 0) is 16.1 Å². The Morgan fingerprint density at radius 3 is 2.81 bits per heavy atom. The van der Waals surface area contributed by atoms with Crippen molar-refractivity contribution in [2.24, 2.45) is 11.8 Å². The number of rotatable bonds is 7. The molecule has 0 saturated carbocycles. The number of carbonyl (C=O) groups is 1. The van der Waals surface area contributed by atoms with Gasteiger partial charge in [-0.15, -0.1) is 11.3 Å². The van der Waals surface area contributed by atoms with E-state index < -0.39 is 5.82 Å². The van der Waals surface area contributed by atoms with Gasteiger partial charge in [0, 0.05) is 24.9 Å². The SMILES string of the molecule is CC(=O)N(OC[C@@H]1CCN(CCc2cccs2)C[C@@H]1C)c1ccccc1F. The van der Waals surface area contributed by atoms with Gasteiger partial charge in [0.1, 0.15) is 11.5 Å². The van der Waals surface area contributed by atoms with E-state index in [-0.39, 0.29) is 11.6 Å². The molecule has 1 amide bonds. The molecule has 6 heteroatoms. The summed E-state index contributed by atoms with van der Waals surface area (Å²) >= 11 is 1.81. The van der Waals surface area contributed by atoms with Crippen LogP contribution in [0.15, 0.2) is 41.8 Å². The van der Waals surface area contributed by atoms with Crippen LogP contribution in [-0.4, -0.2) is 37.0 Å². The second-order valence-corrected chi connectivity index (χ2v) is 8.25. The zero-order valence-corrected chi connectivity index (χ0v) is 16.8. The number of anilines is 1. The van der Waals surface area contributed by atoms with Crippen LogP contribution in [0.3, 0.4) is 0 Å². The van der Waals surface area contributed by atoms with Crippen molar-refractivity contribution in [3.63, 3.8) is 0 Å². The lowest BCUT2D eigenvalue weighted by molar-refractivity contribution is -0.125. The van der Waals surface area contributed by atoms with Crippen LogP contribution in [0.4, 0.5) is 10.1 Å². The Labute approximate surface area is 164 Å². The molecule has 0 N–H and O–H groups in total. The number of halogens is 1. The van der Waals surface area contributed by atoms with E-state index in [1.54, 1.807) is 18.2 Å². The first kappa shape index (κ1) is 20.0. The largest absolute Gasteiger partial charge is 0.303 e. The van der Waals surface area contributed by atoms with E-state index in [9.17, 15) is 9.18 Å². The number of hydrogen-bond acceptors (Lipinski definition) is 4. The van der Waals surface area contributed by atoms with Crippen molar-refractivity contribution in [1.82, 2.24) is 4.90 Å². The van der Waals surface area contributed by atoms with Crippen LogP contribution in [0, 0.1) is 17.7 Å². The van der Waals surface area contributed by atoms with E-state index in [1.807, 2.05) is 11.3 Å². The molecular formula is C21H27FN2O2S. The third kappa shape index (κ3) is 5.37. The molecule has 3 rings (SSSR count). The van der Waals surface area contributed by atoms with Gasteiger partial charge in [0.05, 0.1) is 6.61 Å². The quantitative estimate of drug-likeness (QED) is 0.658. The Morgan fingerprint density at radius 2 is 2.15 bits per heavy atom. The van der Waals surface area contributed by atoms with Crippen LogP contribution in [0.5, 0.6) is 0 Å². The number of nitrogens with zero attached hydrogens (tertiary/aromatic N) is 2. The van der Waals surface area contributed by atoms with Gasteiger partial charge in [-0.2, -0.15) is 5.06 Å². The highest BCUT2D eigenvalue weighted by molar-refractivity contribution is 7.09. The first-order valence-corrected chi connectivity index (χ1v) is 10.4. The molecule has 2 aromatic rings. The lowest BCUT2D eigenvalue weighted by atomic mass is 9.87. The van der Waals surface area contributed by atoms with E-state index in [0.29, 0.717) is 18.4 Å². The number of thiophene rings is 1. The number of para-hydroxylation sites is 1. The van der Waals surface area contributed by atoms with Gasteiger partial charge in [-0.25, -0.2) is 4.39 Å². The highest BCUT2D eigenvalue weighted by Gasteiger charge is 2.28. The minimum atomic E-state index is -0.454. The highest BCUT2D eigenvalue weighted by Crippen LogP contribution is 2.26. The summed E-state index contributed by atoms with van der Waals surface area (Å²) in [5.74, 6) is 0.0541. The monoisotopic (exact) mass is 390 g/mol. The summed E-state index contributed by atoms with van der Waals surface area (Å²) < 4.78 is 14.0. The molecule has 1 aliphatic heterocycles. The molecule has 0 radical (unpaired) electrons. The Balaban J connectivity index is 1.50. The summed E-state index contributed by atoms with van der Waals surface area (Å²) in [6.45, 7) is 7.18. The van der Waals surface area contributed by atoms with Gasteiger partial charge < -0.3 is 4.90 Å². The Hall–Kier alpha value is -1.76. The molecule has 1 fully saturated rings. The van der Waals surface area contributed by atoms with Crippen LogP contribution < -0.4 is 5.06 Å². The van der Waals surface area contributed by atoms with Crippen LogP contribution in [0.25, 0.3) is 0 Å². The van der Waals surface area contributed by atoms with Gasteiger partial charge in [0.25, 0.3) is 0 Å². The zero-order chi connectivity index (χ0) is 19.2. The van der Waals surface area contributed by atoms with Crippen LogP contribution in [0.1, 0.15) is 25.1 Å². The van der Waals surface area contributed by atoms with Gasteiger partial charge in [-0.1, -0.05) is 25.1 Å². The third-order valence-corrected chi connectivity index (χ3v) is 6.13. The van der Waals surface area contributed by atoms with Crippen molar-refractivity contribution in [1.29, 1.82) is 0 Å². The molecule has 1 aromatic heterocycles. The van der Waals surface area contributed by atoms with E-state index in [1.165, 1.54) is 17.9 Å².